The van der Waals surface area contributed by atoms with Crippen molar-refractivity contribution in [1.82, 2.24) is 0 Å². The molecule has 1 amide bonds. The van der Waals surface area contributed by atoms with E-state index in [4.69, 9.17) is 4.74 Å². The summed E-state index contributed by atoms with van der Waals surface area (Å²) in [6.45, 7) is 3.22. The third kappa shape index (κ3) is 6.11. The van der Waals surface area contributed by atoms with E-state index in [2.05, 4.69) is 5.32 Å². The van der Waals surface area contributed by atoms with Crippen LogP contribution in [0.2, 0.25) is 0 Å². The highest BCUT2D eigenvalue weighted by Gasteiger charge is 2.29. The van der Waals surface area contributed by atoms with E-state index >= 15 is 0 Å². The van der Waals surface area contributed by atoms with E-state index in [1.54, 1.807) is 6.07 Å². The Kier molecular flexibility index (Phi) is 6.31. The van der Waals surface area contributed by atoms with Crippen LogP contribution in [-0.2, 0) is 9.53 Å². The number of alkyl halides is 3. The Labute approximate surface area is 152 Å². The Hall–Kier alpha value is -2.48. The first-order valence-corrected chi connectivity index (χ1v) is 8.36. The largest absolute Gasteiger partial charge is 0.452 e. The summed E-state index contributed by atoms with van der Waals surface area (Å²) in [5.74, 6) is -1.29. The fourth-order valence-corrected chi connectivity index (χ4v) is 2.60. The lowest BCUT2D eigenvalue weighted by Gasteiger charge is -2.10. The molecule has 8 heteroatoms. The normalized spacial score (nSPS) is 11.1. The Balaban J connectivity index is 1.89. The number of carbonyl (C=O) groups excluding carboxylic acids is 2. The predicted molar refractivity (Wildman–Crippen MR) is 93.2 cm³/mol. The van der Waals surface area contributed by atoms with Gasteiger partial charge in [-0.3, -0.25) is 4.79 Å². The number of thioether (sulfide) groups is 1. The van der Waals surface area contributed by atoms with Gasteiger partial charge in [-0.15, -0.1) is 0 Å². The highest BCUT2D eigenvalue weighted by atomic mass is 32.2. The molecular weight excluding hydrogens is 367 g/mol. The standard InChI is InChI=1S/C18H16F3NO3S/c1-11-3-4-12(2)15(9-11)22-16(23)10-25-17(24)13-5-7-14(8-6-13)26-18(19,20)21/h3-9H,10H2,1-2H3,(H,22,23). The topological polar surface area (TPSA) is 55.4 Å². The molecule has 0 atom stereocenters. The van der Waals surface area contributed by atoms with Crippen LogP contribution in [0.3, 0.4) is 0 Å². The van der Waals surface area contributed by atoms with Crippen molar-refractivity contribution < 1.29 is 27.5 Å². The van der Waals surface area contributed by atoms with Crippen molar-refractivity contribution in [2.24, 2.45) is 0 Å². The number of esters is 1. The minimum absolute atomic E-state index is 0.0401. The zero-order valence-corrected chi connectivity index (χ0v) is 14.8. The monoisotopic (exact) mass is 383 g/mol. The third-order valence-electron chi connectivity index (χ3n) is 3.33. The summed E-state index contributed by atoms with van der Waals surface area (Å²) in [6, 6.07) is 10.4. The number of hydrogen-bond donors (Lipinski definition) is 1. The van der Waals surface area contributed by atoms with Crippen LogP contribution >= 0.6 is 11.8 Å². The molecule has 2 aromatic rings. The Morgan fingerprint density at radius 3 is 2.35 bits per heavy atom. The third-order valence-corrected chi connectivity index (χ3v) is 4.06. The van der Waals surface area contributed by atoms with Crippen LogP contribution in [0, 0.1) is 13.8 Å². The van der Waals surface area contributed by atoms with Crippen LogP contribution in [0.5, 0.6) is 0 Å². The number of ether oxygens (including phenoxy) is 1. The van der Waals surface area contributed by atoms with E-state index in [-0.39, 0.29) is 22.2 Å². The van der Waals surface area contributed by atoms with E-state index in [9.17, 15) is 22.8 Å². The van der Waals surface area contributed by atoms with Crippen molar-refractivity contribution in [3.63, 3.8) is 0 Å². The number of anilines is 1. The zero-order chi connectivity index (χ0) is 19.3. The van der Waals surface area contributed by atoms with Crippen LogP contribution in [-0.4, -0.2) is 24.0 Å². The fourth-order valence-electron chi connectivity index (χ4n) is 2.06. The van der Waals surface area contributed by atoms with Gasteiger partial charge in [0, 0.05) is 10.6 Å². The molecule has 0 aliphatic heterocycles. The Morgan fingerprint density at radius 2 is 1.73 bits per heavy atom. The highest BCUT2D eigenvalue weighted by molar-refractivity contribution is 8.00. The molecule has 0 saturated heterocycles. The summed E-state index contributed by atoms with van der Waals surface area (Å²) >= 11 is -0.273. The summed E-state index contributed by atoms with van der Waals surface area (Å²) in [5.41, 5.74) is -1.86. The zero-order valence-electron chi connectivity index (χ0n) is 14.0. The number of aryl methyl sites for hydroxylation is 2. The number of rotatable bonds is 5. The molecule has 2 aromatic carbocycles. The first kappa shape index (κ1) is 19.8. The van der Waals surface area contributed by atoms with E-state index in [0.717, 1.165) is 11.1 Å². The summed E-state index contributed by atoms with van der Waals surface area (Å²) < 4.78 is 41.7. The number of benzene rings is 2. The smallest absolute Gasteiger partial charge is 0.446 e. The molecule has 4 nitrogen and oxygen atoms in total. The second-order valence-corrected chi connectivity index (χ2v) is 6.65. The second-order valence-electron chi connectivity index (χ2n) is 5.51. The number of hydrogen-bond acceptors (Lipinski definition) is 4. The maximum atomic E-state index is 12.3. The van der Waals surface area contributed by atoms with E-state index in [1.807, 2.05) is 26.0 Å². The van der Waals surface area contributed by atoms with Gasteiger partial charge in [0.05, 0.1) is 5.56 Å². The van der Waals surface area contributed by atoms with Crippen LogP contribution in [0.1, 0.15) is 21.5 Å². The fraction of sp³-hybridized carbons (Fsp3) is 0.222. The van der Waals surface area contributed by atoms with Crippen molar-refractivity contribution in [1.29, 1.82) is 0 Å². The van der Waals surface area contributed by atoms with Crippen LogP contribution in [0.25, 0.3) is 0 Å². The average Bonchev–Trinajstić information content (AvgIpc) is 2.55. The number of amides is 1. The number of nitrogens with one attached hydrogen (secondary N) is 1. The summed E-state index contributed by atoms with van der Waals surface area (Å²) in [4.78, 5) is 23.8. The summed E-state index contributed by atoms with van der Waals surface area (Å²) in [5, 5.41) is 2.65. The molecule has 0 spiro atoms. The van der Waals surface area contributed by atoms with Gasteiger partial charge in [0.25, 0.3) is 5.91 Å². The molecule has 0 aliphatic rings. The Bertz CT molecular complexity index is 804. The van der Waals surface area contributed by atoms with Crippen molar-refractivity contribution in [2.75, 3.05) is 11.9 Å². The minimum Gasteiger partial charge on any atom is -0.452 e. The molecule has 0 fully saturated rings. The average molecular weight is 383 g/mol. The lowest BCUT2D eigenvalue weighted by molar-refractivity contribution is -0.119. The van der Waals surface area contributed by atoms with Gasteiger partial charge in [-0.05, 0) is 67.1 Å². The van der Waals surface area contributed by atoms with E-state index in [0.29, 0.717) is 5.69 Å². The van der Waals surface area contributed by atoms with Gasteiger partial charge < -0.3 is 10.1 Å². The summed E-state index contributed by atoms with van der Waals surface area (Å²) in [7, 11) is 0. The lowest BCUT2D eigenvalue weighted by atomic mass is 10.1. The molecule has 0 aromatic heterocycles. The van der Waals surface area contributed by atoms with Gasteiger partial charge in [-0.1, -0.05) is 12.1 Å². The molecule has 0 aliphatic carbocycles. The SMILES string of the molecule is Cc1ccc(C)c(NC(=O)COC(=O)c2ccc(SC(F)(F)F)cc2)c1. The van der Waals surface area contributed by atoms with E-state index < -0.39 is 24.0 Å². The molecule has 2 rings (SSSR count). The molecule has 26 heavy (non-hydrogen) atoms. The van der Waals surface area contributed by atoms with Gasteiger partial charge in [0.2, 0.25) is 0 Å². The second kappa shape index (κ2) is 8.27. The van der Waals surface area contributed by atoms with Crippen molar-refractivity contribution in [3.8, 4) is 0 Å². The maximum absolute atomic E-state index is 12.3. The first-order valence-electron chi connectivity index (χ1n) is 7.54. The minimum atomic E-state index is -4.39. The molecular formula is C18H16F3NO3S. The van der Waals surface area contributed by atoms with Crippen molar-refractivity contribution in [3.05, 3.63) is 59.2 Å². The van der Waals surface area contributed by atoms with Crippen LogP contribution in [0.15, 0.2) is 47.4 Å². The maximum Gasteiger partial charge on any atom is 0.446 e. The molecule has 0 radical (unpaired) electrons. The molecule has 0 heterocycles. The van der Waals surface area contributed by atoms with Gasteiger partial charge >= 0.3 is 11.5 Å². The van der Waals surface area contributed by atoms with Gasteiger partial charge in [0.15, 0.2) is 6.61 Å². The summed E-state index contributed by atoms with van der Waals surface area (Å²) in [6.07, 6.45) is 0. The molecule has 138 valence electrons. The van der Waals surface area contributed by atoms with Crippen molar-refractivity contribution >= 4 is 29.3 Å². The highest BCUT2D eigenvalue weighted by Crippen LogP contribution is 2.36. The Morgan fingerprint density at radius 1 is 1.08 bits per heavy atom. The quantitative estimate of drug-likeness (QED) is 0.600. The van der Waals surface area contributed by atoms with Crippen LogP contribution in [0.4, 0.5) is 18.9 Å². The van der Waals surface area contributed by atoms with Crippen molar-refractivity contribution in [2.45, 2.75) is 24.3 Å². The predicted octanol–water partition coefficient (Wildman–Crippen LogP) is 4.71. The van der Waals surface area contributed by atoms with Gasteiger partial charge in [-0.25, -0.2) is 4.79 Å². The number of carbonyl (C=O) groups is 2. The molecule has 1 N–H and O–H groups in total. The first-order chi connectivity index (χ1) is 12.1. The number of halogens is 3. The lowest BCUT2D eigenvalue weighted by Crippen LogP contribution is -2.21. The van der Waals surface area contributed by atoms with Gasteiger partial charge in [0.1, 0.15) is 0 Å². The van der Waals surface area contributed by atoms with Gasteiger partial charge in [-0.2, -0.15) is 13.2 Å². The van der Waals surface area contributed by atoms with E-state index in [1.165, 1.54) is 24.3 Å². The van der Waals surface area contributed by atoms with Crippen LogP contribution < -0.4 is 5.32 Å². The molecule has 0 bridgehead atoms. The molecule has 0 saturated carbocycles. The molecule has 0 unspecified atom stereocenters.